The van der Waals surface area contributed by atoms with Gasteiger partial charge in [0.15, 0.2) is 0 Å². The van der Waals surface area contributed by atoms with Crippen LogP contribution in [0, 0.1) is 11.3 Å². The van der Waals surface area contributed by atoms with Crippen LogP contribution >= 0.6 is 15.9 Å². The molecule has 0 bridgehead atoms. The Bertz CT molecular complexity index is 883. The molecular weight excluding hydrogens is 388 g/mol. The molecule has 0 heterocycles. The van der Waals surface area contributed by atoms with Crippen LogP contribution in [0.4, 0.5) is 5.69 Å². The van der Waals surface area contributed by atoms with Crippen molar-refractivity contribution in [1.29, 1.82) is 5.26 Å². The molecule has 0 spiro atoms. The summed E-state index contributed by atoms with van der Waals surface area (Å²) in [6, 6.07) is 12.7. The predicted molar refractivity (Wildman–Crippen MR) is 96.3 cm³/mol. The summed E-state index contributed by atoms with van der Waals surface area (Å²) in [6.45, 7) is 0. The van der Waals surface area contributed by atoms with E-state index in [2.05, 4.69) is 21.2 Å². The Hall–Kier alpha value is -3.11. The van der Waals surface area contributed by atoms with Gasteiger partial charge < -0.3 is 15.2 Å². The van der Waals surface area contributed by atoms with Crippen molar-refractivity contribution in [3.05, 3.63) is 63.6 Å². The number of rotatable bonds is 5. The lowest BCUT2D eigenvalue weighted by Gasteiger charge is -2.06. The van der Waals surface area contributed by atoms with Gasteiger partial charge >= 0.3 is 5.97 Å². The second-order valence-electron chi connectivity index (χ2n) is 4.90. The molecule has 0 atom stereocenters. The lowest BCUT2D eigenvalue weighted by molar-refractivity contribution is -0.112. The number of carboxylic acids is 1. The van der Waals surface area contributed by atoms with Crippen molar-refractivity contribution in [3.8, 4) is 11.8 Å². The van der Waals surface area contributed by atoms with Crippen LogP contribution < -0.4 is 10.1 Å². The van der Waals surface area contributed by atoms with Gasteiger partial charge in [-0.2, -0.15) is 5.26 Å². The van der Waals surface area contributed by atoms with E-state index >= 15 is 0 Å². The lowest BCUT2D eigenvalue weighted by Crippen LogP contribution is -2.13. The number of halogens is 1. The summed E-state index contributed by atoms with van der Waals surface area (Å²) in [6.07, 6.45) is 1.45. The third-order valence-electron chi connectivity index (χ3n) is 3.24. The highest BCUT2D eigenvalue weighted by Crippen LogP contribution is 2.26. The second kappa shape index (κ2) is 8.13. The first-order chi connectivity index (χ1) is 11.9. The number of carbonyl (C=O) groups is 2. The van der Waals surface area contributed by atoms with Gasteiger partial charge in [0.25, 0.3) is 5.91 Å². The van der Waals surface area contributed by atoms with Gasteiger partial charge in [-0.25, -0.2) is 4.79 Å². The number of ether oxygens (including phenoxy) is 1. The molecule has 6 nitrogen and oxygen atoms in total. The molecule has 0 fully saturated rings. The molecule has 7 heteroatoms. The number of aromatic carboxylic acids is 1. The molecule has 2 aromatic rings. The van der Waals surface area contributed by atoms with Crippen LogP contribution in [0.3, 0.4) is 0 Å². The number of nitrogens with one attached hydrogen (secondary N) is 1. The first-order valence-corrected chi connectivity index (χ1v) is 7.84. The van der Waals surface area contributed by atoms with Gasteiger partial charge in [-0.05, 0) is 64.0 Å². The first kappa shape index (κ1) is 18.2. The molecule has 2 rings (SSSR count). The molecule has 0 aliphatic rings. The van der Waals surface area contributed by atoms with Crippen LogP contribution in [0.15, 0.2) is 52.5 Å². The number of amides is 1. The van der Waals surface area contributed by atoms with E-state index < -0.39 is 11.9 Å². The van der Waals surface area contributed by atoms with Crippen molar-refractivity contribution in [3.63, 3.8) is 0 Å². The highest BCUT2D eigenvalue weighted by atomic mass is 79.9. The van der Waals surface area contributed by atoms with Gasteiger partial charge in [0.2, 0.25) is 0 Å². The van der Waals surface area contributed by atoms with Crippen molar-refractivity contribution in [2.45, 2.75) is 0 Å². The Morgan fingerprint density at radius 3 is 2.44 bits per heavy atom. The molecule has 2 aromatic carbocycles. The maximum atomic E-state index is 12.2. The van der Waals surface area contributed by atoms with Gasteiger partial charge in [0.1, 0.15) is 17.4 Å². The van der Waals surface area contributed by atoms with Gasteiger partial charge in [-0.3, -0.25) is 4.79 Å². The Balaban J connectivity index is 2.19. The normalized spacial score (nSPS) is 10.7. The van der Waals surface area contributed by atoms with E-state index in [0.29, 0.717) is 21.5 Å². The number of nitrogens with zero attached hydrogens (tertiary/aromatic N) is 1. The van der Waals surface area contributed by atoms with Crippen LogP contribution in [-0.4, -0.2) is 24.1 Å². The fourth-order valence-electron chi connectivity index (χ4n) is 1.98. The predicted octanol–water partition coefficient (Wildman–Crippen LogP) is 3.70. The lowest BCUT2D eigenvalue weighted by atomic mass is 10.1. The number of anilines is 1. The molecule has 0 unspecified atom stereocenters. The van der Waals surface area contributed by atoms with Crippen molar-refractivity contribution < 1.29 is 19.4 Å². The summed E-state index contributed by atoms with van der Waals surface area (Å²) < 4.78 is 5.83. The molecule has 0 saturated carbocycles. The Labute approximate surface area is 152 Å². The minimum atomic E-state index is -1.06. The van der Waals surface area contributed by atoms with E-state index in [-0.39, 0.29) is 11.1 Å². The zero-order valence-electron chi connectivity index (χ0n) is 13.1. The number of nitriles is 1. The average molecular weight is 401 g/mol. The summed E-state index contributed by atoms with van der Waals surface area (Å²) in [5.41, 5.74) is 1.07. The van der Waals surface area contributed by atoms with E-state index in [1.165, 1.54) is 30.3 Å². The summed E-state index contributed by atoms with van der Waals surface area (Å²) in [7, 11) is 1.54. The Kier molecular flexibility index (Phi) is 5.93. The maximum Gasteiger partial charge on any atom is 0.335 e. The minimum Gasteiger partial charge on any atom is -0.496 e. The maximum absolute atomic E-state index is 12.2. The van der Waals surface area contributed by atoms with Gasteiger partial charge in [0.05, 0.1) is 17.1 Å². The standard InChI is InChI=1S/C18H13BrN2O4/c1-25-16-7-2-11(9-15(16)19)8-13(10-20)17(22)21-14-5-3-12(4-6-14)18(23)24/h2-9H,1H3,(H,21,22)(H,23,24)/b13-8+. The first-order valence-electron chi connectivity index (χ1n) is 7.04. The molecule has 2 N–H and O–H groups in total. The SMILES string of the molecule is COc1ccc(/C=C(\C#N)C(=O)Nc2ccc(C(=O)O)cc2)cc1Br. The van der Waals surface area contributed by atoms with Gasteiger partial charge in [0, 0.05) is 5.69 Å². The minimum absolute atomic E-state index is 0.0839. The smallest absolute Gasteiger partial charge is 0.335 e. The highest BCUT2D eigenvalue weighted by molar-refractivity contribution is 9.10. The number of benzene rings is 2. The zero-order chi connectivity index (χ0) is 18.4. The topological polar surface area (TPSA) is 99.4 Å². The van der Waals surface area contributed by atoms with E-state index in [9.17, 15) is 14.9 Å². The van der Waals surface area contributed by atoms with Crippen LogP contribution in [-0.2, 0) is 4.79 Å². The molecule has 0 aromatic heterocycles. The highest BCUT2D eigenvalue weighted by Gasteiger charge is 2.11. The van der Waals surface area contributed by atoms with Gasteiger partial charge in [-0.1, -0.05) is 6.07 Å². The number of carboxylic acid groups (broad SMARTS) is 1. The van der Waals surface area contributed by atoms with Crippen LogP contribution in [0.5, 0.6) is 5.75 Å². The molecule has 0 aliphatic carbocycles. The van der Waals surface area contributed by atoms with E-state index in [1.54, 1.807) is 25.3 Å². The molecule has 25 heavy (non-hydrogen) atoms. The Morgan fingerprint density at radius 1 is 1.24 bits per heavy atom. The molecule has 0 radical (unpaired) electrons. The zero-order valence-corrected chi connectivity index (χ0v) is 14.7. The van der Waals surface area contributed by atoms with Crippen molar-refractivity contribution in [2.75, 3.05) is 12.4 Å². The third kappa shape index (κ3) is 4.68. The number of carbonyl (C=O) groups excluding carboxylic acids is 1. The Morgan fingerprint density at radius 2 is 1.92 bits per heavy atom. The van der Waals surface area contributed by atoms with E-state index in [4.69, 9.17) is 9.84 Å². The summed E-state index contributed by atoms with van der Waals surface area (Å²) in [4.78, 5) is 23.0. The summed E-state index contributed by atoms with van der Waals surface area (Å²) in [5, 5.41) is 20.6. The fourth-order valence-corrected chi connectivity index (χ4v) is 2.54. The molecular formula is C18H13BrN2O4. The number of hydrogen-bond donors (Lipinski definition) is 2. The van der Waals surface area contributed by atoms with E-state index in [1.807, 2.05) is 6.07 Å². The largest absolute Gasteiger partial charge is 0.496 e. The summed E-state index contributed by atoms with van der Waals surface area (Å²) in [5.74, 6) is -1.00. The second-order valence-corrected chi connectivity index (χ2v) is 5.75. The van der Waals surface area contributed by atoms with Crippen LogP contribution in [0.25, 0.3) is 6.08 Å². The van der Waals surface area contributed by atoms with E-state index in [0.717, 1.165) is 0 Å². The number of methoxy groups -OCH3 is 1. The summed E-state index contributed by atoms with van der Waals surface area (Å²) >= 11 is 3.34. The van der Waals surface area contributed by atoms with Crippen molar-refractivity contribution in [2.24, 2.45) is 0 Å². The fraction of sp³-hybridized carbons (Fsp3) is 0.0556. The van der Waals surface area contributed by atoms with Gasteiger partial charge in [-0.15, -0.1) is 0 Å². The van der Waals surface area contributed by atoms with Crippen LogP contribution in [0.1, 0.15) is 15.9 Å². The molecule has 1 amide bonds. The molecule has 0 aliphatic heterocycles. The quantitative estimate of drug-likeness (QED) is 0.588. The van der Waals surface area contributed by atoms with Crippen molar-refractivity contribution >= 4 is 39.6 Å². The van der Waals surface area contributed by atoms with Crippen molar-refractivity contribution in [1.82, 2.24) is 0 Å². The monoisotopic (exact) mass is 400 g/mol. The molecule has 0 saturated heterocycles. The molecule has 126 valence electrons. The average Bonchev–Trinajstić information content (AvgIpc) is 2.60. The third-order valence-corrected chi connectivity index (χ3v) is 3.86. The number of hydrogen-bond acceptors (Lipinski definition) is 4. The van der Waals surface area contributed by atoms with Crippen LogP contribution in [0.2, 0.25) is 0 Å².